The van der Waals surface area contributed by atoms with Gasteiger partial charge in [-0.1, -0.05) is 42.4 Å². The molecular weight excluding hydrogens is 295 g/mol. The molecule has 19 heavy (non-hydrogen) atoms. The number of halogens is 4. The monoisotopic (exact) mass is 311 g/mol. The Labute approximate surface area is 120 Å². The molecule has 0 fully saturated rings. The second kappa shape index (κ2) is 8.02. The van der Waals surface area contributed by atoms with Crippen LogP contribution in [-0.2, 0) is 0 Å². The fourth-order valence-corrected chi connectivity index (χ4v) is 2.52. The molecule has 1 rings (SSSR count). The van der Waals surface area contributed by atoms with Gasteiger partial charge in [0.05, 0.1) is 0 Å². The lowest BCUT2D eigenvalue weighted by Gasteiger charge is -2.18. The van der Waals surface area contributed by atoms with Crippen molar-refractivity contribution in [3.63, 3.8) is 0 Å². The average Bonchev–Trinajstić information content (AvgIpc) is 2.33. The second-order valence-electron chi connectivity index (χ2n) is 4.14. The van der Waals surface area contributed by atoms with Crippen LogP contribution in [0.2, 0.25) is 5.02 Å². The van der Waals surface area contributed by atoms with Crippen molar-refractivity contribution >= 4 is 23.4 Å². The van der Waals surface area contributed by atoms with Gasteiger partial charge in [-0.05, 0) is 36.6 Å². The first kappa shape index (κ1) is 16.7. The number of benzene rings is 1. The zero-order valence-corrected chi connectivity index (χ0v) is 12.2. The molecule has 0 saturated heterocycles. The van der Waals surface area contributed by atoms with Crippen LogP contribution in [0.4, 0.5) is 13.2 Å². The van der Waals surface area contributed by atoms with Crippen molar-refractivity contribution in [1.82, 2.24) is 5.32 Å². The zero-order chi connectivity index (χ0) is 14.3. The number of hydrogen-bond donors (Lipinski definition) is 1. The smallest absolute Gasteiger partial charge is 0.316 e. The molecule has 1 unspecified atom stereocenters. The van der Waals surface area contributed by atoms with Crippen molar-refractivity contribution in [3.05, 3.63) is 34.9 Å². The van der Waals surface area contributed by atoms with Gasteiger partial charge in [0.25, 0.3) is 0 Å². The summed E-state index contributed by atoms with van der Waals surface area (Å²) in [6.45, 7) is 3.45. The average molecular weight is 312 g/mol. The molecular formula is C13H17ClF3NS. The molecule has 1 atom stereocenters. The third kappa shape index (κ3) is 7.09. The number of alkyl halides is 3. The molecule has 0 bridgehead atoms. The molecule has 1 nitrogen and oxygen atoms in total. The van der Waals surface area contributed by atoms with Crippen LogP contribution in [0, 0.1) is 0 Å². The minimum atomic E-state index is -4.15. The number of likely N-dealkylation sites (N-methyl/N-ethyl adjacent to an activating group) is 1. The van der Waals surface area contributed by atoms with Crippen LogP contribution in [0.1, 0.15) is 24.8 Å². The maximum atomic E-state index is 12.1. The Morgan fingerprint density at radius 3 is 2.42 bits per heavy atom. The summed E-state index contributed by atoms with van der Waals surface area (Å²) >= 11 is 5.86. The van der Waals surface area contributed by atoms with Crippen molar-refractivity contribution in [2.45, 2.75) is 24.8 Å². The fourth-order valence-electron chi connectivity index (χ4n) is 1.76. The molecule has 0 radical (unpaired) electrons. The van der Waals surface area contributed by atoms with Gasteiger partial charge in [-0.3, -0.25) is 0 Å². The van der Waals surface area contributed by atoms with Gasteiger partial charge < -0.3 is 5.32 Å². The predicted molar refractivity (Wildman–Crippen MR) is 75.9 cm³/mol. The lowest BCUT2D eigenvalue weighted by atomic mass is 9.96. The largest absolute Gasteiger partial charge is 0.441 e. The quantitative estimate of drug-likeness (QED) is 0.785. The number of nitrogens with one attached hydrogen (secondary N) is 1. The third-order valence-electron chi connectivity index (χ3n) is 2.71. The molecule has 0 heterocycles. The summed E-state index contributed by atoms with van der Waals surface area (Å²) in [5.74, 6) is 0.148. The van der Waals surface area contributed by atoms with Crippen LogP contribution in [0.15, 0.2) is 24.3 Å². The molecule has 0 spiro atoms. The van der Waals surface area contributed by atoms with Gasteiger partial charge in [0.1, 0.15) is 0 Å². The SMILES string of the molecule is CCNCC(CCSC(F)(F)F)c1ccc(Cl)cc1. The van der Waals surface area contributed by atoms with Gasteiger partial charge in [0.15, 0.2) is 0 Å². The molecule has 1 aromatic rings. The second-order valence-corrected chi connectivity index (χ2v) is 5.74. The Balaban J connectivity index is 2.58. The zero-order valence-electron chi connectivity index (χ0n) is 10.6. The normalized spacial score (nSPS) is 13.5. The van der Waals surface area contributed by atoms with Gasteiger partial charge >= 0.3 is 5.51 Å². The lowest BCUT2D eigenvalue weighted by molar-refractivity contribution is -0.0328. The van der Waals surface area contributed by atoms with E-state index >= 15 is 0 Å². The molecule has 108 valence electrons. The third-order valence-corrected chi connectivity index (χ3v) is 3.73. The molecule has 0 saturated carbocycles. The van der Waals surface area contributed by atoms with Crippen molar-refractivity contribution in [2.24, 2.45) is 0 Å². The maximum Gasteiger partial charge on any atom is 0.441 e. The summed E-state index contributed by atoms with van der Waals surface area (Å²) in [5.41, 5.74) is -3.13. The Morgan fingerprint density at radius 1 is 1.26 bits per heavy atom. The van der Waals surface area contributed by atoms with Gasteiger partial charge in [0.2, 0.25) is 0 Å². The standard InChI is InChI=1S/C13H17ClF3NS/c1-2-18-9-11(7-8-19-13(15,16)17)10-3-5-12(14)6-4-10/h3-6,11,18H,2,7-9H2,1H3. The van der Waals surface area contributed by atoms with Crippen molar-refractivity contribution in [3.8, 4) is 0 Å². The summed E-state index contributed by atoms with van der Waals surface area (Å²) in [7, 11) is 0. The highest BCUT2D eigenvalue weighted by Gasteiger charge is 2.28. The summed E-state index contributed by atoms with van der Waals surface area (Å²) < 4.78 is 36.4. The van der Waals surface area contributed by atoms with Crippen LogP contribution in [-0.4, -0.2) is 24.4 Å². The van der Waals surface area contributed by atoms with E-state index in [4.69, 9.17) is 11.6 Å². The van der Waals surface area contributed by atoms with Crippen molar-refractivity contribution < 1.29 is 13.2 Å². The van der Waals surface area contributed by atoms with E-state index in [0.29, 0.717) is 18.0 Å². The van der Waals surface area contributed by atoms with E-state index in [1.165, 1.54) is 0 Å². The van der Waals surface area contributed by atoms with Crippen molar-refractivity contribution in [1.29, 1.82) is 0 Å². The first-order chi connectivity index (χ1) is 8.92. The van der Waals surface area contributed by atoms with Gasteiger partial charge in [-0.25, -0.2) is 0 Å². The molecule has 0 aliphatic heterocycles. The first-order valence-corrected chi connectivity index (χ1v) is 7.45. The van der Waals surface area contributed by atoms with E-state index in [-0.39, 0.29) is 23.4 Å². The summed E-state index contributed by atoms with van der Waals surface area (Å²) in [5, 5.41) is 3.82. The molecule has 0 aromatic heterocycles. The minimum absolute atomic E-state index is 0.0393. The van der Waals surface area contributed by atoms with Gasteiger partial charge in [-0.15, -0.1) is 0 Å². The van der Waals surface area contributed by atoms with E-state index in [9.17, 15) is 13.2 Å². The summed E-state index contributed by atoms with van der Waals surface area (Å²) in [6.07, 6.45) is 0.485. The molecule has 6 heteroatoms. The minimum Gasteiger partial charge on any atom is -0.316 e. The van der Waals surface area contributed by atoms with E-state index in [0.717, 1.165) is 12.1 Å². The number of rotatable bonds is 7. The van der Waals surface area contributed by atoms with Crippen molar-refractivity contribution in [2.75, 3.05) is 18.8 Å². The summed E-state index contributed by atoms with van der Waals surface area (Å²) in [6, 6.07) is 7.30. The molecule has 0 aliphatic carbocycles. The molecule has 1 aromatic carbocycles. The van der Waals surface area contributed by atoms with Gasteiger partial charge in [-0.2, -0.15) is 13.2 Å². The van der Waals surface area contributed by atoms with E-state index in [2.05, 4.69) is 5.32 Å². The molecule has 0 amide bonds. The maximum absolute atomic E-state index is 12.1. The number of thioether (sulfide) groups is 1. The molecule has 0 aliphatic rings. The molecule has 1 N–H and O–H groups in total. The lowest BCUT2D eigenvalue weighted by Crippen LogP contribution is -2.22. The highest BCUT2D eigenvalue weighted by Crippen LogP contribution is 2.32. The topological polar surface area (TPSA) is 12.0 Å². The Bertz CT molecular complexity index is 367. The highest BCUT2D eigenvalue weighted by atomic mass is 35.5. The van der Waals surface area contributed by atoms with Crippen LogP contribution < -0.4 is 5.32 Å². The van der Waals surface area contributed by atoms with Crippen LogP contribution in [0.3, 0.4) is 0 Å². The van der Waals surface area contributed by atoms with E-state index in [1.54, 1.807) is 12.1 Å². The Hall–Kier alpha value is -0.390. The van der Waals surface area contributed by atoms with E-state index in [1.807, 2.05) is 19.1 Å². The van der Waals surface area contributed by atoms with Crippen LogP contribution in [0.5, 0.6) is 0 Å². The van der Waals surface area contributed by atoms with Crippen LogP contribution in [0.25, 0.3) is 0 Å². The fraction of sp³-hybridized carbons (Fsp3) is 0.538. The van der Waals surface area contributed by atoms with Gasteiger partial charge in [0, 0.05) is 17.3 Å². The Morgan fingerprint density at radius 2 is 1.89 bits per heavy atom. The number of hydrogen-bond acceptors (Lipinski definition) is 2. The van der Waals surface area contributed by atoms with Crippen LogP contribution >= 0.6 is 23.4 Å². The highest BCUT2D eigenvalue weighted by molar-refractivity contribution is 8.00. The Kier molecular flexibility index (Phi) is 7.04. The van der Waals surface area contributed by atoms with E-state index < -0.39 is 5.51 Å². The predicted octanol–water partition coefficient (Wildman–Crippen LogP) is 4.68. The summed E-state index contributed by atoms with van der Waals surface area (Å²) in [4.78, 5) is 0. The first-order valence-electron chi connectivity index (χ1n) is 6.09.